The molecule has 12 aromatic rings. The van der Waals surface area contributed by atoms with E-state index in [0.717, 1.165) is 92.1 Å². The van der Waals surface area contributed by atoms with Crippen LogP contribution in [0, 0.1) is 0 Å². The monoisotopic (exact) mass is 749 g/mol. The number of para-hydroxylation sites is 3. The molecule has 0 aliphatic carbocycles. The van der Waals surface area contributed by atoms with Gasteiger partial charge in [0.05, 0.1) is 5.56 Å². The Kier molecular flexibility index (Phi) is 6.96. The first-order valence-corrected chi connectivity index (χ1v) is 19.5. The van der Waals surface area contributed by atoms with Crippen LogP contribution < -0.4 is 0 Å². The number of nitrogens with zero attached hydrogens (tertiary/aromatic N) is 5. The Morgan fingerprint density at radius 2 is 0.982 bits per heavy atom. The number of aromatic nitrogens is 5. The quantitative estimate of drug-likeness (QED) is 0.173. The predicted octanol–water partition coefficient (Wildman–Crippen LogP) is 13.2. The van der Waals surface area contributed by atoms with E-state index >= 15 is 0 Å². The highest BCUT2D eigenvalue weighted by atomic mass is 32.1. The molecule has 0 bridgehead atoms. The number of hydrogen-bond acceptors (Lipinski definition) is 8. The maximum absolute atomic E-state index is 6.44. The van der Waals surface area contributed by atoms with E-state index in [9.17, 15) is 0 Å². The standard InChI is InChI=1S/C49H27N5O2S/c1-3-13-28(14-4-1)42-45-43(33-18-8-10-23-38(33)56-45)51-48(50-42)34-20-12-24-40-41(34)36-27-30(25-26-39(36)57-40)47-52-46(29-15-5-2-6-16-29)53-49(54-47)35-21-11-19-32-31-17-7-9-22-37(31)55-44(32)35/h1-27H. The van der Waals surface area contributed by atoms with Crippen molar-refractivity contribution in [2.45, 2.75) is 0 Å². The molecule has 0 radical (unpaired) electrons. The molecule has 0 saturated heterocycles. The first kappa shape index (κ1) is 31.8. The highest BCUT2D eigenvalue weighted by Crippen LogP contribution is 2.43. The Balaban J connectivity index is 1.08. The summed E-state index contributed by atoms with van der Waals surface area (Å²) < 4.78 is 15.1. The van der Waals surface area contributed by atoms with Crippen LogP contribution in [0.5, 0.6) is 0 Å². The van der Waals surface area contributed by atoms with Gasteiger partial charge in [0.25, 0.3) is 0 Å². The molecule has 0 aliphatic heterocycles. The van der Waals surface area contributed by atoms with Crippen LogP contribution in [0.4, 0.5) is 0 Å². The van der Waals surface area contributed by atoms with Crippen molar-refractivity contribution in [3.63, 3.8) is 0 Å². The molecule has 57 heavy (non-hydrogen) atoms. The molecule has 7 nitrogen and oxygen atoms in total. The second-order valence-electron chi connectivity index (χ2n) is 14.0. The molecule has 12 rings (SSSR count). The minimum absolute atomic E-state index is 0.543. The van der Waals surface area contributed by atoms with Crippen molar-refractivity contribution in [3.05, 3.63) is 164 Å². The summed E-state index contributed by atoms with van der Waals surface area (Å²) in [4.78, 5) is 25.8. The summed E-state index contributed by atoms with van der Waals surface area (Å²) in [6.45, 7) is 0. The average molecular weight is 750 g/mol. The Morgan fingerprint density at radius 1 is 0.368 bits per heavy atom. The summed E-state index contributed by atoms with van der Waals surface area (Å²) in [5.41, 5.74) is 9.06. The lowest BCUT2D eigenvalue weighted by atomic mass is 10.0. The first-order chi connectivity index (χ1) is 28.2. The van der Waals surface area contributed by atoms with E-state index in [4.69, 9.17) is 33.8 Å². The molecule has 0 atom stereocenters. The molecule has 266 valence electrons. The third-order valence-corrected chi connectivity index (χ3v) is 11.7. The minimum atomic E-state index is 0.543. The van der Waals surface area contributed by atoms with E-state index in [2.05, 4.69) is 66.7 Å². The first-order valence-electron chi connectivity index (χ1n) is 18.7. The van der Waals surface area contributed by atoms with Crippen LogP contribution >= 0.6 is 11.3 Å². The molecule has 8 heteroatoms. The zero-order valence-corrected chi connectivity index (χ0v) is 30.9. The van der Waals surface area contributed by atoms with Crippen LogP contribution in [0.25, 0.3) is 121 Å². The molecule has 0 saturated carbocycles. The van der Waals surface area contributed by atoms with Crippen molar-refractivity contribution in [2.75, 3.05) is 0 Å². The zero-order chi connectivity index (χ0) is 37.5. The van der Waals surface area contributed by atoms with Gasteiger partial charge in [-0.15, -0.1) is 11.3 Å². The second kappa shape index (κ2) is 12.5. The normalized spacial score (nSPS) is 11.9. The van der Waals surface area contributed by atoms with Crippen LogP contribution in [0.1, 0.15) is 0 Å². The highest BCUT2D eigenvalue weighted by Gasteiger charge is 2.22. The average Bonchev–Trinajstić information content (AvgIpc) is 3.98. The van der Waals surface area contributed by atoms with E-state index in [-0.39, 0.29) is 0 Å². The minimum Gasteiger partial charge on any atom is -0.455 e. The lowest BCUT2D eigenvalue weighted by Crippen LogP contribution is -2.00. The third kappa shape index (κ3) is 5.08. The van der Waals surface area contributed by atoms with Gasteiger partial charge in [-0.2, -0.15) is 0 Å². The number of fused-ring (bicyclic) bond motifs is 9. The summed E-state index contributed by atoms with van der Waals surface area (Å²) in [5.74, 6) is 2.33. The fourth-order valence-electron chi connectivity index (χ4n) is 7.92. The van der Waals surface area contributed by atoms with Crippen molar-refractivity contribution in [2.24, 2.45) is 0 Å². The Morgan fingerprint density at radius 3 is 1.81 bits per heavy atom. The molecule has 5 heterocycles. The number of hydrogen-bond donors (Lipinski definition) is 0. The lowest BCUT2D eigenvalue weighted by molar-refractivity contribution is 0.667. The van der Waals surface area contributed by atoms with Crippen LogP contribution in [0.15, 0.2) is 173 Å². The van der Waals surface area contributed by atoms with Gasteiger partial charge < -0.3 is 8.83 Å². The van der Waals surface area contributed by atoms with Gasteiger partial charge in [-0.3, -0.25) is 0 Å². The zero-order valence-electron chi connectivity index (χ0n) is 30.0. The molecule has 0 spiro atoms. The van der Waals surface area contributed by atoms with Gasteiger partial charge in [-0.25, -0.2) is 24.9 Å². The summed E-state index contributed by atoms with van der Waals surface area (Å²) in [6.07, 6.45) is 0. The van der Waals surface area contributed by atoms with Crippen molar-refractivity contribution >= 4 is 75.5 Å². The van der Waals surface area contributed by atoms with Crippen LogP contribution in [0.2, 0.25) is 0 Å². The third-order valence-electron chi connectivity index (χ3n) is 10.6. The largest absolute Gasteiger partial charge is 0.455 e. The fourth-order valence-corrected chi connectivity index (χ4v) is 9.03. The van der Waals surface area contributed by atoms with E-state index in [1.807, 2.05) is 97.1 Å². The molecule has 0 unspecified atom stereocenters. The van der Waals surface area contributed by atoms with Crippen LogP contribution in [-0.4, -0.2) is 24.9 Å². The fraction of sp³-hybridized carbons (Fsp3) is 0. The van der Waals surface area contributed by atoms with E-state index in [0.29, 0.717) is 28.9 Å². The van der Waals surface area contributed by atoms with Crippen molar-refractivity contribution in [3.8, 4) is 56.8 Å². The van der Waals surface area contributed by atoms with Crippen LogP contribution in [-0.2, 0) is 0 Å². The summed E-state index contributed by atoms with van der Waals surface area (Å²) >= 11 is 1.75. The van der Waals surface area contributed by atoms with Gasteiger partial charge in [-0.1, -0.05) is 115 Å². The van der Waals surface area contributed by atoms with Crippen LogP contribution in [0.3, 0.4) is 0 Å². The molecule has 0 N–H and O–H groups in total. The number of furan rings is 2. The molecule has 0 aliphatic rings. The Bertz CT molecular complexity index is 3540. The number of rotatable bonds is 5. The van der Waals surface area contributed by atoms with E-state index < -0.39 is 0 Å². The summed E-state index contributed by atoms with van der Waals surface area (Å²) in [5, 5.41) is 5.18. The summed E-state index contributed by atoms with van der Waals surface area (Å²) in [7, 11) is 0. The second-order valence-corrected chi connectivity index (χ2v) is 15.1. The molecule has 5 aromatic heterocycles. The van der Waals surface area contributed by atoms with E-state index in [1.54, 1.807) is 11.3 Å². The SMILES string of the molecule is c1ccc(-c2nc(-c3ccc4sc5cccc(-c6nc(-c7ccccc7)c7oc8ccccc8c7n6)c5c4c3)nc(-c3cccc4c3oc3ccccc34)n2)cc1. The Hall–Kier alpha value is -7.55. The molecular weight excluding hydrogens is 723 g/mol. The van der Waals surface area contributed by atoms with Gasteiger partial charge in [0.2, 0.25) is 0 Å². The van der Waals surface area contributed by atoms with Gasteiger partial charge >= 0.3 is 0 Å². The van der Waals surface area contributed by atoms with Crippen molar-refractivity contribution in [1.29, 1.82) is 0 Å². The van der Waals surface area contributed by atoms with E-state index in [1.165, 1.54) is 0 Å². The molecule has 0 fully saturated rings. The Labute approximate surface area is 328 Å². The maximum atomic E-state index is 6.44. The highest BCUT2D eigenvalue weighted by molar-refractivity contribution is 7.26. The number of benzene rings is 7. The number of thiophene rings is 1. The smallest absolute Gasteiger partial charge is 0.180 e. The van der Waals surface area contributed by atoms with Gasteiger partial charge in [0, 0.05) is 58.6 Å². The molecule has 0 amide bonds. The van der Waals surface area contributed by atoms with Gasteiger partial charge in [0.15, 0.2) is 28.9 Å². The summed E-state index contributed by atoms with van der Waals surface area (Å²) in [6, 6.07) is 55.3. The molecular formula is C49H27N5O2S. The van der Waals surface area contributed by atoms with Gasteiger partial charge in [0.1, 0.15) is 28.0 Å². The van der Waals surface area contributed by atoms with Gasteiger partial charge in [-0.05, 0) is 48.5 Å². The lowest BCUT2D eigenvalue weighted by Gasteiger charge is -2.10. The maximum Gasteiger partial charge on any atom is 0.180 e. The topological polar surface area (TPSA) is 90.7 Å². The van der Waals surface area contributed by atoms with Crippen molar-refractivity contribution in [1.82, 2.24) is 24.9 Å². The molecule has 7 aromatic carbocycles. The van der Waals surface area contributed by atoms with Crippen molar-refractivity contribution < 1.29 is 8.83 Å². The predicted molar refractivity (Wildman–Crippen MR) is 230 cm³/mol.